The number of allylic oxidation sites excluding steroid dienone is 2. The van der Waals surface area contributed by atoms with Crippen LogP contribution >= 0.6 is 0 Å². The van der Waals surface area contributed by atoms with Crippen LogP contribution in [-0.2, 0) is 0 Å². The van der Waals surface area contributed by atoms with Crippen molar-refractivity contribution in [2.24, 2.45) is 0 Å². The second-order valence-corrected chi connectivity index (χ2v) is 15.3. The number of hydrogen-bond acceptors (Lipinski definition) is 3. The molecule has 0 spiro atoms. The molecular weight excluding hydrogens is 731 g/mol. The van der Waals surface area contributed by atoms with Crippen molar-refractivity contribution in [3.05, 3.63) is 200 Å². The fraction of sp³-hybridized carbons (Fsp3) is 0.0364. The molecule has 3 aromatic heterocycles. The van der Waals surface area contributed by atoms with Crippen molar-refractivity contribution in [2.45, 2.75) is 13.8 Å². The highest BCUT2D eigenvalue weighted by molar-refractivity contribution is 6.14. The predicted molar refractivity (Wildman–Crippen MR) is 250 cm³/mol. The van der Waals surface area contributed by atoms with Crippen LogP contribution in [-0.4, -0.2) is 24.1 Å². The average molecular weight is 770 g/mol. The summed E-state index contributed by atoms with van der Waals surface area (Å²) in [4.78, 5) is 15.4. The lowest BCUT2D eigenvalue weighted by Crippen LogP contribution is -2.06. The van der Waals surface area contributed by atoms with Crippen molar-refractivity contribution in [3.8, 4) is 62.1 Å². The molecule has 8 aromatic carbocycles. The minimum atomic E-state index is 0.575. The summed E-state index contributed by atoms with van der Waals surface area (Å²) in [5.41, 5.74) is 14.5. The zero-order valence-electron chi connectivity index (χ0n) is 33.3. The molecule has 284 valence electrons. The van der Waals surface area contributed by atoms with E-state index in [1.165, 1.54) is 44.2 Å². The smallest absolute Gasteiger partial charge is 0.238 e. The molecule has 11 aromatic rings. The quantitative estimate of drug-likeness (QED) is 0.162. The highest BCUT2D eigenvalue weighted by Crippen LogP contribution is 2.40. The first kappa shape index (κ1) is 35.3. The monoisotopic (exact) mass is 769 g/mol. The molecular formula is C55H39N5. The van der Waals surface area contributed by atoms with Crippen LogP contribution in [0.2, 0.25) is 0 Å². The zero-order valence-corrected chi connectivity index (χ0v) is 33.3. The van der Waals surface area contributed by atoms with E-state index in [9.17, 15) is 0 Å². The standard InChI is InChI=1S/C55H39N5/c1-3-36(2)59-49-28-24-41(37-16-8-4-9-17-37)32-45(49)46-34-43(26-29-50(46)59)44-27-31-52-48(35-44)47-33-42(38-18-10-5-11-19-38)25-30-51(47)60(52)55-57-53(39-20-12-6-13-21-39)56-54(58-55)40-22-14-7-15-23-40/h3-35H,1-2H3/b36-3+. The van der Waals surface area contributed by atoms with Gasteiger partial charge in [-0.15, -0.1) is 0 Å². The molecule has 0 aliphatic carbocycles. The Morgan fingerprint density at radius 1 is 0.367 bits per heavy atom. The van der Waals surface area contributed by atoms with Gasteiger partial charge in [-0.3, -0.25) is 4.57 Å². The Bertz CT molecular complexity index is 3360. The van der Waals surface area contributed by atoms with Gasteiger partial charge in [-0.05, 0) is 95.8 Å². The van der Waals surface area contributed by atoms with Gasteiger partial charge in [0.25, 0.3) is 0 Å². The molecule has 0 unspecified atom stereocenters. The lowest BCUT2D eigenvalue weighted by atomic mass is 9.98. The van der Waals surface area contributed by atoms with E-state index in [0.29, 0.717) is 17.6 Å². The van der Waals surface area contributed by atoms with Crippen molar-refractivity contribution < 1.29 is 0 Å². The van der Waals surface area contributed by atoms with Gasteiger partial charge in [0.1, 0.15) is 0 Å². The van der Waals surface area contributed by atoms with E-state index in [2.05, 4.69) is 187 Å². The van der Waals surface area contributed by atoms with Crippen molar-refractivity contribution in [2.75, 3.05) is 0 Å². The van der Waals surface area contributed by atoms with Gasteiger partial charge in [0.05, 0.1) is 22.1 Å². The predicted octanol–water partition coefficient (Wildman–Crippen LogP) is 14.3. The van der Waals surface area contributed by atoms with Crippen LogP contribution in [0, 0.1) is 0 Å². The topological polar surface area (TPSA) is 48.5 Å². The Kier molecular flexibility index (Phi) is 8.52. The summed E-state index contributed by atoms with van der Waals surface area (Å²) in [7, 11) is 0. The summed E-state index contributed by atoms with van der Waals surface area (Å²) in [5.74, 6) is 1.83. The van der Waals surface area contributed by atoms with E-state index in [1.54, 1.807) is 0 Å². The molecule has 0 amide bonds. The van der Waals surface area contributed by atoms with Gasteiger partial charge >= 0.3 is 0 Å². The first-order chi connectivity index (χ1) is 29.6. The van der Waals surface area contributed by atoms with Crippen molar-refractivity contribution >= 4 is 49.3 Å². The Hall–Kier alpha value is -7.89. The molecule has 0 saturated carbocycles. The van der Waals surface area contributed by atoms with Crippen LogP contribution in [0.15, 0.2) is 200 Å². The van der Waals surface area contributed by atoms with Crippen LogP contribution in [0.3, 0.4) is 0 Å². The molecule has 0 radical (unpaired) electrons. The third-order valence-electron chi connectivity index (χ3n) is 11.7. The minimum absolute atomic E-state index is 0.575. The maximum absolute atomic E-state index is 5.18. The normalized spacial score (nSPS) is 11.9. The highest BCUT2D eigenvalue weighted by Gasteiger charge is 2.20. The van der Waals surface area contributed by atoms with E-state index < -0.39 is 0 Å². The summed E-state index contributed by atoms with van der Waals surface area (Å²) in [6.07, 6.45) is 2.18. The zero-order chi connectivity index (χ0) is 40.2. The van der Waals surface area contributed by atoms with E-state index in [1.807, 2.05) is 36.4 Å². The maximum Gasteiger partial charge on any atom is 0.238 e. The van der Waals surface area contributed by atoms with E-state index in [4.69, 9.17) is 15.0 Å². The number of fused-ring (bicyclic) bond motifs is 6. The van der Waals surface area contributed by atoms with Crippen LogP contribution in [0.5, 0.6) is 0 Å². The summed E-state index contributed by atoms with van der Waals surface area (Å²) in [5, 5.41) is 4.71. The second-order valence-electron chi connectivity index (χ2n) is 15.3. The lowest BCUT2D eigenvalue weighted by molar-refractivity contribution is 0.953. The van der Waals surface area contributed by atoms with Crippen LogP contribution in [0.1, 0.15) is 13.8 Å². The Labute approximate surface area is 348 Å². The number of hydrogen-bond donors (Lipinski definition) is 0. The summed E-state index contributed by atoms with van der Waals surface area (Å²) in [6.45, 7) is 4.29. The molecule has 5 heteroatoms. The first-order valence-corrected chi connectivity index (χ1v) is 20.4. The highest BCUT2D eigenvalue weighted by atomic mass is 15.2. The maximum atomic E-state index is 5.18. The van der Waals surface area contributed by atoms with E-state index in [0.717, 1.165) is 49.6 Å². The molecule has 60 heavy (non-hydrogen) atoms. The van der Waals surface area contributed by atoms with Gasteiger partial charge in [-0.2, -0.15) is 9.97 Å². The number of nitrogens with zero attached hydrogens (tertiary/aromatic N) is 5. The van der Waals surface area contributed by atoms with Gasteiger partial charge in [0, 0.05) is 38.4 Å². The molecule has 0 saturated heterocycles. The van der Waals surface area contributed by atoms with E-state index >= 15 is 0 Å². The molecule has 0 aliphatic heterocycles. The Morgan fingerprint density at radius 2 is 0.700 bits per heavy atom. The van der Waals surface area contributed by atoms with Gasteiger partial charge in [-0.25, -0.2) is 4.98 Å². The third-order valence-corrected chi connectivity index (χ3v) is 11.7. The van der Waals surface area contributed by atoms with Crippen molar-refractivity contribution in [1.82, 2.24) is 24.1 Å². The fourth-order valence-corrected chi connectivity index (χ4v) is 8.65. The number of aromatic nitrogens is 5. The van der Waals surface area contributed by atoms with Crippen LogP contribution in [0.25, 0.3) is 111 Å². The number of rotatable bonds is 7. The van der Waals surface area contributed by atoms with E-state index in [-0.39, 0.29) is 0 Å². The Balaban J connectivity index is 1.14. The van der Waals surface area contributed by atoms with Crippen molar-refractivity contribution in [3.63, 3.8) is 0 Å². The fourth-order valence-electron chi connectivity index (χ4n) is 8.65. The van der Waals surface area contributed by atoms with Crippen LogP contribution < -0.4 is 0 Å². The molecule has 0 aliphatic rings. The summed E-state index contributed by atoms with van der Waals surface area (Å²) >= 11 is 0. The van der Waals surface area contributed by atoms with Gasteiger partial charge in [-0.1, -0.05) is 152 Å². The molecule has 0 N–H and O–H groups in total. The molecule has 3 heterocycles. The molecule has 0 bridgehead atoms. The number of benzene rings is 8. The summed E-state index contributed by atoms with van der Waals surface area (Å²) in [6, 6.07) is 68.8. The SMILES string of the molecule is C/C=C(\C)n1c2ccc(-c3ccccc3)cc2c2cc(-c3ccc4c(c3)c3cc(-c5ccccc5)ccc3n4-c3nc(-c4ccccc4)nc(-c4ccccc4)n3)ccc21. The van der Waals surface area contributed by atoms with Crippen LogP contribution in [0.4, 0.5) is 0 Å². The molecule has 0 fully saturated rings. The third kappa shape index (κ3) is 5.98. The van der Waals surface area contributed by atoms with Gasteiger partial charge in [0.15, 0.2) is 11.6 Å². The molecule has 11 rings (SSSR count). The molecule has 5 nitrogen and oxygen atoms in total. The Morgan fingerprint density at radius 3 is 1.08 bits per heavy atom. The second kappa shape index (κ2) is 14.5. The minimum Gasteiger partial charge on any atom is -0.314 e. The summed E-state index contributed by atoms with van der Waals surface area (Å²) < 4.78 is 4.58. The lowest BCUT2D eigenvalue weighted by Gasteiger charge is -2.11. The molecule has 0 atom stereocenters. The van der Waals surface area contributed by atoms with Gasteiger partial charge < -0.3 is 4.57 Å². The van der Waals surface area contributed by atoms with Crippen molar-refractivity contribution in [1.29, 1.82) is 0 Å². The van der Waals surface area contributed by atoms with Gasteiger partial charge in [0.2, 0.25) is 5.95 Å². The average Bonchev–Trinajstić information content (AvgIpc) is 3.83. The first-order valence-electron chi connectivity index (χ1n) is 20.4. The largest absolute Gasteiger partial charge is 0.314 e.